The van der Waals surface area contributed by atoms with Gasteiger partial charge in [0.05, 0.1) is 16.3 Å². The van der Waals surface area contributed by atoms with Crippen LogP contribution in [0.4, 0.5) is 0 Å². The summed E-state index contributed by atoms with van der Waals surface area (Å²) in [7, 11) is 0. The molecule has 2 rings (SSSR count). The summed E-state index contributed by atoms with van der Waals surface area (Å²) in [6, 6.07) is 5.19. The molecule has 0 aliphatic heterocycles. The van der Waals surface area contributed by atoms with Gasteiger partial charge in [0.15, 0.2) is 0 Å². The van der Waals surface area contributed by atoms with Crippen LogP contribution in [0.15, 0.2) is 27.8 Å². The maximum absolute atomic E-state index is 12.6. The number of nitrogens with zero attached hydrogens (tertiary/aromatic N) is 1. The van der Waals surface area contributed by atoms with Crippen molar-refractivity contribution in [1.82, 2.24) is 9.55 Å². The SMILES string of the molecule is Cc1cccc(Cl)c1-n1c(=O)[nH]c(Cl)c(C(C)C)c1=O. The van der Waals surface area contributed by atoms with Gasteiger partial charge in [-0.15, -0.1) is 0 Å². The minimum absolute atomic E-state index is 0.0796. The van der Waals surface area contributed by atoms with Gasteiger partial charge in [0, 0.05) is 0 Å². The molecular formula is C14H14Cl2N2O2. The lowest BCUT2D eigenvalue weighted by Gasteiger charge is -2.14. The normalized spacial score (nSPS) is 11.1. The molecule has 0 saturated carbocycles. The number of para-hydroxylation sites is 1. The summed E-state index contributed by atoms with van der Waals surface area (Å²) >= 11 is 12.1. The number of rotatable bonds is 2. The molecule has 0 radical (unpaired) electrons. The van der Waals surface area contributed by atoms with Crippen LogP contribution in [0, 0.1) is 6.92 Å². The number of hydrogen-bond acceptors (Lipinski definition) is 2. The summed E-state index contributed by atoms with van der Waals surface area (Å²) < 4.78 is 1.04. The average molecular weight is 313 g/mol. The van der Waals surface area contributed by atoms with E-state index in [1.807, 2.05) is 13.8 Å². The largest absolute Gasteiger partial charge is 0.334 e. The molecule has 0 amide bonds. The van der Waals surface area contributed by atoms with Crippen LogP contribution in [-0.4, -0.2) is 9.55 Å². The Labute approximate surface area is 126 Å². The first-order chi connectivity index (χ1) is 9.34. The van der Waals surface area contributed by atoms with Crippen molar-refractivity contribution in [2.45, 2.75) is 26.7 Å². The van der Waals surface area contributed by atoms with E-state index in [0.29, 0.717) is 16.3 Å². The minimum atomic E-state index is -0.597. The van der Waals surface area contributed by atoms with Crippen LogP contribution in [0.3, 0.4) is 0 Å². The number of H-pyrrole nitrogens is 1. The Morgan fingerprint density at radius 3 is 2.40 bits per heavy atom. The number of aromatic nitrogens is 2. The Balaban J connectivity index is 2.93. The standard InChI is InChI=1S/C14H14Cl2N2O2/c1-7(2)10-12(16)17-14(20)18(13(10)19)11-8(3)5-4-6-9(11)15/h4-7H,1-3H3,(H,17,20). The maximum atomic E-state index is 12.6. The van der Waals surface area contributed by atoms with Crippen molar-refractivity contribution in [1.29, 1.82) is 0 Å². The van der Waals surface area contributed by atoms with Gasteiger partial charge in [-0.25, -0.2) is 9.36 Å². The van der Waals surface area contributed by atoms with Gasteiger partial charge in [-0.1, -0.05) is 49.2 Å². The van der Waals surface area contributed by atoms with Crippen LogP contribution >= 0.6 is 23.2 Å². The highest BCUT2D eigenvalue weighted by molar-refractivity contribution is 6.32. The van der Waals surface area contributed by atoms with E-state index in [4.69, 9.17) is 23.2 Å². The first-order valence-corrected chi connectivity index (χ1v) is 6.90. The average Bonchev–Trinajstić information content (AvgIpc) is 2.31. The summed E-state index contributed by atoms with van der Waals surface area (Å²) in [6.45, 7) is 5.46. The van der Waals surface area contributed by atoms with Crippen LogP contribution in [-0.2, 0) is 0 Å². The summed E-state index contributed by atoms with van der Waals surface area (Å²) in [5, 5.41) is 0.422. The molecule has 20 heavy (non-hydrogen) atoms. The maximum Gasteiger partial charge on any atom is 0.334 e. The zero-order valence-corrected chi connectivity index (χ0v) is 12.8. The first-order valence-electron chi connectivity index (χ1n) is 6.14. The third-order valence-electron chi connectivity index (χ3n) is 3.08. The number of benzene rings is 1. The van der Waals surface area contributed by atoms with E-state index in [1.165, 1.54) is 0 Å². The second-order valence-electron chi connectivity index (χ2n) is 4.86. The zero-order valence-electron chi connectivity index (χ0n) is 11.3. The van der Waals surface area contributed by atoms with E-state index >= 15 is 0 Å². The third kappa shape index (κ3) is 2.41. The molecule has 2 aromatic rings. The molecular weight excluding hydrogens is 299 g/mol. The van der Waals surface area contributed by atoms with E-state index < -0.39 is 11.2 Å². The van der Waals surface area contributed by atoms with Gasteiger partial charge in [-0.2, -0.15) is 0 Å². The fourth-order valence-electron chi connectivity index (χ4n) is 2.13. The molecule has 0 aliphatic rings. The highest BCUT2D eigenvalue weighted by Gasteiger charge is 2.19. The van der Waals surface area contributed by atoms with Crippen LogP contribution in [0.2, 0.25) is 10.2 Å². The first kappa shape index (κ1) is 14.9. The summed E-state index contributed by atoms with van der Waals surface area (Å²) in [5.41, 5.74) is 0.456. The van der Waals surface area contributed by atoms with Crippen LogP contribution in [0.1, 0.15) is 30.9 Å². The fraction of sp³-hybridized carbons (Fsp3) is 0.286. The number of nitrogens with one attached hydrogen (secondary N) is 1. The quantitative estimate of drug-likeness (QED) is 0.865. The van der Waals surface area contributed by atoms with Gasteiger partial charge in [0.2, 0.25) is 0 Å². The molecule has 0 bridgehead atoms. The van der Waals surface area contributed by atoms with Gasteiger partial charge in [0.1, 0.15) is 5.15 Å². The van der Waals surface area contributed by atoms with Crippen LogP contribution in [0.5, 0.6) is 0 Å². The Bertz CT molecular complexity index is 755. The lowest BCUT2D eigenvalue weighted by molar-refractivity contribution is 0.775. The van der Waals surface area contributed by atoms with Gasteiger partial charge >= 0.3 is 5.69 Å². The van der Waals surface area contributed by atoms with Crippen LogP contribution in [0.25, 0.3) is 5.69 Å². The van der Waals surface area contributed by atoms with E-state index in [2.05, 4.69) is 4.98 Å². The van der Waals surface area contributed by atoms with Gasteiger partial charge in [-0.05, 0) is 24.5 Å². The van der Waals surface area contributed by atoms with Crippen molar-refractivity contribution in [3.63, 3.8) is 0 Å². The lowest BCUT2D eigenvalue weighted by Crippen LogP contribution is -2.37. The van der Waals surface area contributed by atoms with Gasteiger partial charge in [0.25, 0.3) is 5.56 Å². The number of halogens is 2. The number of aryl methyl sites for hydroxylation is 1. The molecule has 1 aromatic heterocycles. The van der Waals surface area contributed by atoms with Crippen molar-refractivity contribution in [2.75, 3.05) is 0 Å². The molecule has 1 N–H and O–H groups in total. The molecule has 6 heteroatoms. The second-order valence-corrected chi connectivity index (χ2v) is 5.64. The second kappa shape index (κ2) is 5.46. The zero-order chi connectivity index (χ0) is 15.0. The number of hydrogen-bond donors (Lipinski definition) is 1. The van der Waals surface area contributed by atoms with Gasteiger partial charge in [-0.3, -0.25) is 9.78 Å². The van der Waals surface area contributed by atoms with Crippen LogP contribution < -0.4 is 11.2 Å². The fourth-order valence-corrected chi connectivity index (χ4v) is 2.82. The van der Waals surface area contributed by atoms with E-state index in [9.17, 15) is 9.59 Å². The van der Waals surface area contributed by atoms with Crippen molar-refractivity contribution in [3.8, 4) is 5.69 Å². The molecule has 1 aromatic carbocycles. The minimum Gasteiger partial charge on any atom is -0.297 e. The monoisotopic (exact) mass is 312 g/mol. The Morgan fingerprint density at radius 2 is 1.85 bits per heavy atom. The molecule has 0 atom stereocenters. The Hall–Kier alpha value is -1.52. The predicted molar refractivity (Wildman–Crippen MR) is 81.5 cm³/mol. The summed E-state index contributed by atoms with van der Waals surface area (Å²) in [5.74, 6) is -0.110. The molecule has 0 aliphatic carbocycles. The summed E-state index contributed by atoms with van der Waals surface area (Å²) in [6.07, 6.45) is 0. The molecule has 106 valence electrons. The number of aromatic amines is 1. The highest BCUT2D eigenvalue weighted by Crippen LogP contribution is 2.23. The van der Waals surface area contributed by atoms with Crippen molar-refractivity contribution in [3.05, 3.63) is 60.3 Å². The molecule has 0 spiro atoms. The van der Waals surface area contributed by atoms with E-state index in [0.717, 1.165) is 10.1 Å². The molecule has 0 fully saturated rings. The molecule has 4 nitrogen and oxygen atoms in total. The smallest absolute Gasteiger partial charge is 0.297 e. The van der Waals surface area contributed by atoms with E-state index in [-0.39, 0.29) is 11.1 Å². The van der Waals surface area contributed by atoms with Crippen molar-refractivity contribution in [2.24, 2.45) is 0 Å². The van der Waals surface area contributed by atoms with E-state index in [1.54, 1.807) is 25.1 Å². The highest BCUT2D eigenvalue weighted by atomic mass is 35.5. The molecule has 1 heterocycles. The summed E-state index contributed by atoms with van der Waals surface area (Å²) in [4.78, 5) is 27.2. The van der Waals surface area contributed by atoms with Crippen molar-refractivity contribution >= 4 is 23.2 Å². The predicted octanol–water partition coefficient (Wildman–Crippen LogP) is 3.26. The lowest BCUT2D eigenvalue weighted by atomic mass is 10.1. The Kier molecular flexibility index (Phi) is 4.06. The topological polar surface area (TPSA) is 54.9 Å². The van der Waals surface area contributed by atoms with Gasteiger partial charge < -0.3 is 0 Å². The Morgan fingerprint density at radius 1 is 1.20 bits per heavy atom. The molecule has 0 unspecified atom stereocenters. The third-order valence-corrected chi connectivity index (χ3v) is 3.68. The van der Waals surface area contributed by atoms with Crippen molar-refractivity contribution < 1.29 is 0 Å². The molecule has 0 saturated heterocycles.